The van der Waals surface area contributed by atoms with Gasteiger partial charge in [0.05, 0.1) is 5.69 Å². The molecule has 0 saturated carbocycles. The van der Waals surface area contributed by atoms with Gasteiger partial charge in [-0.1, -0.05) is 30.3 Å². The van der Waals surface area contributed by atoms with Crippen LogP contribution in [0, 0.1) is 13.8 Å². The molecule has 5 heteroatoms. The molecule has 5 aromatic rings. The molecule has 0 aliphatic heterocycles. The van der Waals surface area contributed by atoms with Gasteiger partial charge >= 0.3 is 0 Å². The monoisotopic (exact) mass is 366 g/mol. The average Bonchev–Trinajstić information content (AvgIpc) is 3.37. The molecule has 5 rings (SSSR count). The Labute approximate surface area is 162 Å². The summed E-state index contributed by atoms with van der Waals surface area (Å²) in [6.07, 6.45) is 3.22. The van der Waals surface area contributed by atoms with E-state index >= 15 is 0 Å². The van der Waals surface area contributed by atoms with Gasteiger partial charge in [-0.25, -0.2) is 4.98 Å². The highest BCUT2D eigenvalue weighted by atomic mass is 16.3. The second-order valence-corrected chi connectivity index (χ2v) is 6.88. The Hall–Kier alpha value is -3.73. The number of benzene rings is 3. The van der Waals surface area contributed by atoms with Crippen LogP contribution in [0.4, 0.5) is 0 Å². The first kappa shape index (κ1) is 16.4. The van der Waals surface area contributed by atoms with Crippen LogP contribution in [-0.2, 0) is 0 Å². The van der Waals surface area contributed by atoms with Crippen molar-refractivity contribution in [2.75, 3.05) is 0 Å². The second kappa shape index (κ2) is 6.46. The summed E-state index contributed by atoms with van der Waals surface area (Å²) in [5.41, 5.74) is 8.36. The molecule has 0 saturated heterocycles. The number of aryl methyl sites for hydroxylation is 2. The third kappa shape index (κ3) is 2.68. The van der Waals surface area contributed by atoms with E-state index in [1.165, 1.54) is 28.6 Å². The molecule has 0 bridgehead atoms. The maximum atomic E-state index is 5.34. The van der Waals surface area contributed by atoms with Crippen molar-refractivity contribution in [3.05, 3.63) is 84.5 Å². The summed E-state index contributed by atoms with van der Waals surface area (Å²) in [6.45, 7) is 4.25. The average molecular weight is 366 g/mol. The van der Waals surface area contributed by atoms with Gasteiger partial charge in [0.1, 0.15) is 11.8 Å². The van der Waals surface area contributed by atoms with Gasteiger partial charge in [-0.2, -0.15) is 0 Å². The number of aromatic nitrogens is 4. The van der Waals surface area contributed by atoms with E-state index in [2.05, 4.69) is 65.4 Å². The molecule has 0 N–H and O–H groups in total. The molecule has 0 radical (unpaired) electrons. The van der Waals surface area contributed by atoms with Crippen molar-refractivity contribution in [2.24, 2.45) is 0 Å². The van der Waals surface area contributed by atoms with Crippen LogP contribution >= 0.6 is 0 Å². The summed E-state index contributed by atoms with van der Waals surface area (Å²) < 4.78 is 7.39. The summed E-state index contributed by atoms with van der Waals surface area (Å²) in [6, 6.07) is 20.7. The Morgan fingerprint density at radius 2 is 1.61 bits per heavy atom. The van der Waals surface area contributed by atoms with Gasteiger partial charge in [-0.3, -0.25) is 4.57 Å². The van der Waals surface area contributed by atoms with E-state index in [0.29, 0.717) is 0 Å². The van der Waals surface area contributed by atoms with E-state index in [4.69, 9.17) is 4.42 Å². The minimum Gasteiger partial charge on any atom is -0.443 e. The number of rotatable bonds is 3. The Kier molecular flexibility index (Phi) is 3.79. The van der Waals surface area contributed by atoms with Gasteiger partial charge < -0.3 is 4.42 Å². The highest BCUT2D eigenvalue weighted by Gasteiger charge is 2.15. The molecule has 136 valence electrons. The minimum absolute atomic E-state index is 0.759. The van der Waals surface area contributed by atoms with Crippen LogP contribution < -0.4 is 0 Å². The molecule has 3 aromatic carbocycles. The summed E-state index contributed by atoms with van der Waals surface area (Å²) in [7, 11) is 0. The Bertz CT molecular complexity index is 1260. The number of nitrogens with zero attached hydrogens (tertiary/aromatic N) is 4. The molecule has 0 unspecified atom stereocenters. The number of hydrogen-bond acceptors (Lipinski definition) is 4. The first-order valence-electron chi connectivity index (χ1n) is 9.11. The van der Waals surface area contributed by atoms with E-state index < -0.39 is 0 Å². The lowest BCUT2D eigenvalue weighted by atomic mass is 9.98. The molecule has 28 heavy (non-hydrogen) atoms. The smallest absolute Gasteiger partial charge is 0.181 e. The fraction of sp³-hybridized carbons (Fsp3) is 0.0870. The summed E-state index contributed by atoms with van der Waals surface area (Å²) in [5.74, 6) is 0.781. The van der Waals surface area contributed by atoms with Crippen LogP contribution in [0.5, 0.6) is 0 Å². The van der Waals surface area contributed by atoms with E-state index in [0.717, 1.165) is 28.2 Å². The largest absolute Gasteiger partial charge is 0.443 e. The minimum atomic E-state index is 0.759. The van der Waals surface area contributed by atoms with Crippen molar-refractivity contribution in [3.8, 4) is 28.2 Å². The van der Waals surface area contributed by atoms with Crippen LogP contribution in [0.25, 0.3) is 39.3 Å². The number of fused-ring (bicyclic) bond motifs is 1. The van der Waals surface area contributed by atoms with Gasteiger partial charge in [0.15, 0.2) is 17.8 Å². The van der Waals surface area contributed by atoms with Crippen molar-refractivity contribution in [3.63, 3.8) is 0 Å². The van der Waals surface area contributed by atoms with E-state index in [9.17, 15) is 0 Å². The van der Waals surface area contributed by atoms with Crippen LogP contribution in [-0.4, -0.2) is 19.7 Å². The zero-order chi connectivity index (χ0) is 19.1. The topological polar surface area (TPSA) is 56.7 Å². The molecule has 0 amide bonds. The molecule has 2 aromatic heterocycles. The SMILES string of the molecule is Cc1cc(-c2ccccc2)cc(C)c1-n1cnnc1-c1ccc2ocnc2c1. The lowest BCUT2D eigenvalue weighted by Crippen LogP contribution is -2.02. The van der Waals surface area contributed by atoms with Gasteiger partial charge in [0.2, 0.25) is 0 Å². The van der Waals surface area contributed by atoms with Crippen LogP contribution in [0.1, 0.15) is 11.1 Å². The van der Waals surface area contributed by atoms with Gasteiger partial charge in [-0.05, 0) is 66.4 Å². The maximum Gasteiger partial charge on any atom is 0.181 e. The van der Waals surface area contributed by atoms with Gasteiger partial charge in [0.25, 0.3) is 0 Å². The Morgan fingerprint density at radius 3 is 2.39 bits per heavy atom. The van der Waals surface area contributed by atoms with E-state index in [1.54, 1.807) is 6.33 Å². The molecule has 0 spiro atoms. The zero-order valence-corrected chi connectivity index (χ0v) is 15.6. The van der Waals surface area contributed by atoms with Crippen LogP contribution in [0.15, 0.2) is 77.8 Å². The fourth-order valence-electron chi connectivity index (χ4n) is 3.73. The zero-order valence-electron chi connectivity index (χ0n) is 15.6. The highest BCUT2D eigenvalue weighted by Crippen LogP contribution is 2.31. The molecule has 2 heterocycles. The normalized spacial score (nSPS) is 11.2. The van der Waals surface area contributed by atoms with Crippen molar-refractivity contribution < 1.29 is 4.42 Å². The third-order valence-corrected chi connectivity index (χ3v) is 4.98. The van der Waals surface area contributed by atoms with Crippen LogP contribution in [0.3, 0.4) is 0 Å². The van der Waals surface area contributed by atoms with Crippen molar-refractivity contribution in [2.45, 2.75) is 13.8 Å². The van der Waals surface area contributed by atoms with E-state index in [1.807, 2.05) is 28.8 Å². The van der Waals surface area contributed by atoms with E-state index in [-0.39, 0.29) is 0 Å². The first-order chi connectivity index (χ1) is 13.7. The fourth-order valence-corrected chi connectivity index (χ4v) is 3.73. The van der Waals surface area contributed by atoms with Crippen LogP contribution in [0.2, 0.25) is 0 Å². The summed E-state index contributed by atoms with van der Waals surface area (Å²) in [5, 5.41) is 8.55. The highest BCUT2D eigenvalue weighted by molar-refractivity contribution is 5.79. The number of oxazole rings is 1. The van der Waals surface area contributed by atoms with Crippen molar-refractivity contribution in [1.29, 1.82) is 0 Å². The molecular formula is C23H18N4O. The quantitative estimate of drug-likeness (QED) is 0.431. The van der Waals surface area contributed by atoms with Gasteiger partial charge in [-0.15, -0.1) is 10.2 Å². The lowest BCUT2D eigenvalue weighted by molar-refractivity contribution is 0.602. The molecule has 0 aliphatic rings. The summed E-state index contributed by atoms with van der Waals surface area (Å²) in [4.78, 5) is 4.25. The summed E-state index contributed by atoms with van der Waals surface area (Å²) >= 11 is 0. The standard InChI is InChI=1S/C23H18N4O/c1-15-10-19(17-6-4-3-5-7-17)11-16(2)22(15)27-13-25-26-23(27)18-8-9-21-20(12-18)24-14-28-21/h3-14H,1-2H3. The van der Waals surface area contributed by atoms with Crippen molar-refractivity contribution >= 4 is 11.1 Å². The maximum absolute atomic E-state index is 5.34. The molecular weight excluding hydrogens is 348 g/mol. The first-order valence-corrected chi connectivity index (χ1v) is 9.11. The predicted molar refractivity (Wildman–Crippen MR) is 109 cm³/mol. The third-order valence-electron chi connectivity index (χ3n) is 4.98. The second-order valence-electron chi connectivity index (χ2n) is 6.88. The number of hydrogen-bond donors (Lipinski definition) is 0. The Balaban J connectivity index is 1.64. The van der Waals surface area contributed by atoms with Crippen molar-refractivity contribution in [1.82, 2.24) is 19.7 Å². The molecule has 5 nitrogen and oxygen atoms in total. The Morgan fingerprint density at radius 1 is 0.821 bits per heavy atom. The molecule has 0 fully saturated rings. The molecule has 0 atom stereocenters. The lowest BCUT2D eigenvalue weighted by Gasteiger charge is -2.15. The predicted octanol–water partition coefficient (Wildman–Crippen LogP) is 5.36. The van der Waals surface area contributed by atoms with Gasteiger partial charge in [0, 0.05) is 5.56 Å². The molecule has 0 aliphatic carbocycles.